The molecule has 0 aliphatic heterocycles. The molecule has 1 heterocycles. The summed E-state index contributed by atoms with van der Waals surface area (Å²) in [7, 11) is 0. The molecule has 0 atom stereocenters. The van der Waals surface area contributed by atoms with Gasteiger partial charge >= 0.3 is 6.03 Å². The first-order valence-corrected chi connectivity index (χ1v) is 7.33. The zero-order chi connectivity index (χ0) is 13.5. The number of furan rings is 1. The van der Waals surface area contributed by atoms with Gasteiger partial charge in [0, 0.05) is 11.4 Å². The number of amides is 2. The Hall–Kier alpha value is -1.88. The quantitative estimate of drug-likeness (QED) is 0.879. The molecule has 19 heavy (non-hydrogen) atoms. The number of para-hydroxylation sites is 1. The lowest BCUT2D eigenvalue weighted by molar-refractivity contribution is 0.251. The third kappa shape index (κ3) is 4.06. The number of rotatable bonds is 5. The van der Waals surface area contributed by atoms with Gasteiger partial charge in [0.05, 0.1) is 12.8 Å². The molecule has 2 rings (SSSR count). The fraction of sp³-hybridized carbons (Fsp3) is 0.214. The number of carbonyl (C=O) groups is 1. The smallest absolute Gasteiger partial charge is 0.319 e. The van der Waals surface area contributed by atoms with Crippen molar-refractivity contribution in [3.63, 3.8) is 0 Å². The monoisotopic (exact) mass is 276 g/mol. The van der Waals surface area contributed by atoms with Crippen LogP contribution >= 0.6 is 11.8 Å². The van der Waals surface area contributed by atoms with E-state index in [1.54, 1.807) is 24.1 Å². The number of benzene rings is 1. The van der Waals surface area contributed by atoms with E-state index in [0.29, 0.717) is 6.54 Å². The molecular weight excluding hydrogens is 260 g/mol. The van der Waals surface area contributed by atoms with Gasteiger partial charge in [0.25, 0.3) is 0 Å². The maximum Gasteiger partial charge on any atom is 0.319 e. The van der Waals surface area contributed by atoms with Gasteiger partial charge in [-0.05, 0) is 30.0 Å². The molecule has 4 nitrogen and oxygen atoms in total. The molecule has 100 valence electrons. The van der Waals surface area contributed by atoms with Gasteiger partial charge in [-0.25, -0.2) is 4.79 Å². The number of nitrogens with one attached hydrogen (secondary N) is 2. The van der Waals surface area contributed by atoms with E-state index in [1.807, 2.05) is 36.6 Å². The Kier molecular flexibility index (Phi) is 4.92. The third-order valence-corrected chi connectivity index (χ3v) is 3.17. The maximum absolute atomic E-state index is 11.8. The molecule has 0 unspecified atom stereocenters. The van der Waals surface area contributed by atoms with Gasteiger partial charge in [-0.1, -0.05) is 18.2 Å². The standard InChI is InChI=1S/C14H16N2O2S/c1-19-10-11-5-2-3-7-13(11)16-14(17)15-9-12-6-4-8-18-12/h2-8H,9-10H2,1H3,(H2,15,16,17). The molecule has 0 saturated carbocycles. The zero-order valence-corrected chi connectivity index (χ0v) is 11.5. The van der Waals surface area contributed by atoms with Crippen molar-refractivity contribution in [3.8, 4) is 0 Å². The van der Waals surface area contributed by atoms with Gasteiger partial charge in [0.15, 0.2) is 0 Å². The van der Waals surface area contributed by atoms with Crippen LogP contribution in [0.5, 0.6) is 0 Å². The lowest BCUT2D eigenvalue weighted by atomic mass is 10.2. The second kappa shape index (κ2) is 6.89. The highest BCUT2D eigenvalue weighted by molar-refractivity contribution is 7.97. The van der Waals surface area contributed by atoms with Gasteiger partial charge in [0.1, 0.15) is 5.76 Å². The highest BCUT2D eigenvalue weighted by Gasteiger charge is 2.06. The molecule has 0 radical (unpaired) electrons. The van der Waals surface area contributed by atoms with Crippen molar-refractivity contribution in [2.24, 2.45) is 0 Å². The summed E-state index contributed by atoms with van der Waals surface area (Å²) >= 11 is 1.72. The molecule has 0 bridgehead atoms. The Morgan fingerprint density at radius 1 is 1.26 bits per heavy atom. The molecule has 2 N–H and O–H groups in total. The van der Waals surface area contributed by atoms with Crippen LogP contribution in [-0.4, -0.2) is 12.3 Å². The number of hydrogen-bond donors (Lipinski definition) is 2. The molecule has 0 aliphatic carbocycles. The van der Waals surface area contributed by atoms with Crippen LogP contribution in [0.15, 0.2) is 47.1 Å². The van der Waals surface area contributed by atoms with E-state index < -0.39 is 0 Å². The molecule has 0 saturated heterocycles. The van der Waals surface area contributed by atoms with Crippen LogP contribution < -0.4 is 10.6 Å². The summed E-state index contributed by atoms with van der Waals surface area (Å²) in [5.74, 6) is 1.60. The first-order valence-electron chi connectivity index (χ1n) is 5.93. The number of anilines is 1. The lowest BCUT2D eigenvalue weighted by Crippen LogP contribution is -2.28. The summed E-state index contributed by atoms with van der Waals surface area (Å²) in [4.78, 5) is 11.8. The van der Waals surface area contributed by atoms with Gasteiger partial charge in [-0.15, -0.1) is 0 Å². The van der Waals surface area contributed by atoms with Crippen molar-refractivity contribution < 1.29 is 9.21 Å². The largest absolute Gasteiger partial charge is 0.467 e. The van der Waals surface area contributed by atoms with Crippen LogP contribution in [0.25, 0.3) is 0 Å². The highest BCUT2D eigenvalue weighted by Crippen LogP contribution is 2.19. The normalized spacial score (nSPS) is 10.2. The van der Waals surface area contributed by atoms with Gasteiger partial charge < -0.3 is 15.1 Å². The van der Waals surface area contributed by atoms with Crippen molar-refractivity contribution >= 4 is 23.5 Å². The first-order chi connectivity index (χ1) is 9.29. The molecule has 1 aromatic carbocycles. The van der Waals surface area contributed by atoms with Gasteiger partial charge in [-0.3, -0.25) is 0 Å². The Balaban J connectivity index is 1.91. The van der Waals surface area contributed by atoms with Crippen molar-refractivity contribution in [2.75, 3.05) is 11.6 Å². The third-order valence-electron chi connectivity index (χ3n) is 2.57. The predicted molar refractivity (Wildman–Crippen MR) is 78.2 cm³/mol. The van der Waals surface area contributed by atoms with Crippen molar-refractivity contribution in [2.45, 2.75) is 12.3 Å². The molecule has 0 aliphatic rings. The van der Waals surface area contributed by atoms with Crippen molar-refractivity contribution in [3.05, 3.63) is 54.0 Å². The topological polar surface area (TPSA) is 54.3 Å². The lowest BCUT2D eigenvalue weighted by Gasteiger charge is -2.10. The Morgan fingerprint density at radius 2 is 2.11 bits per heavy atom. The summed E-state index contributed by atoms with van der Waals surface area (Å²) in [6.45, 7) is 0.379. The highest BCUT2D eigenvalue weighted by atomic mass is 32.2. The van der Waals surface area contributed by atoms with Gasteiger partial charge in [-0.2, -0.15) is 11.8 Å². The Bertz CT molecular complexity index is 526. The molecule has 0 fully saturated rings. The van der Waals surface area contributed by atoms with Crippen LogP contribution in [0, 0.1) is 0 Å². The summed E-state index contributed by atoms with van der Waals surface area (Å²) in [6.07, 6.45) is 3.62. The van der Waals surface area contributed by atoms with E-state index in [0.717, 1.165) is 22.8 Å². The predicted octanol–water partition coefficient (Wildman–Crippen LogP) is 3.46. The number of hydrogen-bond acceptors (Lipinski definition) is 3. The van der Waals surface area contributed by atoms with E-state index in [4.69, 9.17) is 4.42 Å². The molecule has 5 heteroatoms. The molecule has 2 aromatic rings. The molecule has 0 spiro atoms. The number of carbonyl (C=O) groups excluding carboxylic acids is 1. The summed E-state index contributed by atoms with van der Waals surface area (Å²) in [5.41, 5.74) is 1.96. The number of urea groups is 1. The number of thioether (sulfide) groups is 1. The van der Waals surface area contributed by atoms with E-state index >= 15 is 0 Å². The SMILES string of the molecule is CSCc1ccccc1NC(=O)NCc1ccco1. The fourth-order valence-corrected chi connectivity index (χ4v) is 2.23. The van der Waals surface area contributed by atoms with Crippen molar-refractivity contribution in [1.29, 1.82) is 0 Å². The van der Waals surface area contributed by atoms with Crippen LogP contribution in [0.3, 0.4) is 0 Å². The van der Waals surface area contributed by atoms with E-state index in [1.165, 1.54) is 0 Å². The second-order valence-electron chi connectivity index (χ2n) is 3.98. The van der Waals surface area contributed by atoms with E-state index in [2.05, 4.69) is 10.6 Å². The zero-order valence-electron chi connectivity index (χ0n) is 10.7. The second-order valence-corrected chi connectivity index (χ2v) is 4.84. The van der Waals surface area contributed by atoms with E-state index in [-0.39, 0.29) is 6.03 Å². The minimum absolute atomic E-state index is 0.232. The van der Waals surface area contributed by atoms with Crippen LogP contribution in [0.2, 0.25) is 0 Å². The summed E-state index contributed by atoms with van der Waals surface area (Å²) in [5, 5.41) is 5.60. The molecular formula is C14H16N2O2S. The van der Waals surface area contributed by atoms with Crippen LogP contribution in [0.1, 0.15) is 11.3 Å². The average molecular weight is 276 g/mol. The molecule has 2 amide bonds. The van der Waals surface area contributed by atoms with E-state index in [9.17, 15) is 4.79 Å². The maximum atomic E-state index is 11.8. The van der Waals surface area contributed by atoms with Crippen LogP contribution in [0.4, 0.5) is 10.5 Å². The minimum atomic E-state index is -0.232. The summed E-state index contributed by atoms with van der Waals surface area (Å²) in [6, 6.07) is 11.2. The fourth-order valence-electron chi connectivity index (χ4n) is 1.67. The minimum Gasteiger partial charge on any atom is -0.467 e. The van der Waals surface area contributed by atoms with Gasteiger partial charge in [0.2, 0.25) is 0 Å². The Morgan fingerprint density at radius 3 is 2.84 bits per heavy atom. The average Bonchev–Trinajstić information content (AvgIpc) is 2.92. The first kappa shape index (κ1) is 13.5. The Labute approximate surface area is 116 Å². The molecule has 1 aromatic heterocycles. The van der Waals surface area contributed by atoms with Crippen molar-refractivity contribution in [1.82, 2.24) is 5.32 Å². The van der Waals surface area contributed by atoms with Crippen LogP contribution in [-0.2, 0) is 12.3 Å². The summed E-state index contributed by atoms with van der Waals surface area (Å²) < 4.78 is 5.15.